The summed E-state index contributed by atoms with van der Waals surface area (Å²) in [6.45, 7) is 3.52. The van der Waals surface area contributed by atoms with E-state index in [1.807, 2.05) is 23.1 Å². The molecule has 2 fully saturated rings. The predicted octanol–water partition coefficient (Wildman–Crippen LogP) is 2.59. The van der Waals surface area contributed by atoms with Gasteiger partial charge in [-0.15, -0.1) is 0 Å². The van der Waals surface area contributed by atoms with Crippen LogP contribution in [0.25, 0.3) is 5.69 Å². The Morgan fingerprint density at radius 2 is 1.82 bits per heavy atom. The summed E-state index contributed by atoms with van der Waals surface area (Å²) in [5.74, 6) is 0. The van der Waals surface area contributed by atoms with Gasteiger partial charge in [0.15, 0.2) is 0 Å². The summed E-state index contributed by atoms with van der Waals surface area (Å²) in [5.41, 5.74) is 2.46. The van der Waals surface area contributed by atoms with Crippen LogP contribution in [0.5, 0.6) is 0 Å². The highest BCUT2D eigenvalue weighted by Crippen LogP contribution is 2.29. The van der Waals surface area contributed by atoms with E-state index in [1.165, 1.54) is 44.3 Å². The van der Waals surface area contributed by atoms with Crippen LogP contribution in [0.2, 0.25) is 0 Å². The fourth-order valence-electron chi connectivity index (χ4n) is 3.36. The molecule has 4 heteroatoms. The normalized spacial score (nSPS) is 20.4. The molecule has 1 aliphatic heterocycles. The summed E-state index contributed by atoms with van der Waals surface area (Å²) in [7, 11) is 0. The molecule has 4 rings (SSSR count). The standard InChI is InChI=1S/C18H24N4/c1-10-20-22(11-1)18-4-2-15(3-5-18)14-19-16-8-12-21(13-9-16)17-6-7-17/h1-5,10-11,16-17,19H,6-9,12-14H2. The lowest BCUT2D eigenvalue weighted by Crippen LogP contribution is -2.43. The Bertz CT molecular complexity index is 578. The Balaban J connectivity index is 1.27. The summed E-state index contributed by atoms with van der Waals surface area (Å²) in [6, 6.07) is 12.2. The molecule has 4 nitrogen and oxygen atoms in total. The highest BCUT2D eigenvalue weighted by Gasteiger charge is 2.31. The van der Waals surface area contributed by atoms with Crippen LogP contribution in [-0.4, -0.2) is 39.9 Å². The van der Waals surface area contributed by atoms with Gasteiger partial charge < -0.3 is 10.2 Å². The van der Waals surface area contributed by atoms with Crippen molar-refractivity contribution in [2.24, 2.45) is 0 Å². The van der Waals surface area contributed by atoms with E-state index in [1.54, 1.807) is 0 Å². The SMILES string of the molecule is c1cnn(-c2ccc(CNC3CCN(C4CC4)CC3)cc2)c1. The van der Waals surface area contributed by atoms with Gasteiger partial charge in [-0.25, -0.2) is 4.68 Å². The second kappa shape index (κ2) is 6.23. The Kier molecular flexibility index (Phi) is 3.95. The number of benzene rings is 1. The van der Waals surface area contributed by atoms with Crippen LogP contribution in [-0.2, 0) is 6.54 Å². The molecule has 0 spiro atoms. The molecule has 0 atom stereocenters. The molecule has 1 N–H and O–H groups in total. The lowest BCUT2D eigenvalue weighted by Gasteiger charge is -2.32. The Hall–Kier alpha value is -1.65. The minimum Gasteiger partial charge on any atom is -0.310 e. The maximum absolute atomic E-state index is 4.26. The third-order valence-electron chi connectivity index (χ3n) is 4.89. The first-order valence-corrected chi connectivity index (χ1v) is 8.45. The minimum absolute atomic E-state index is 0.681. The van der Waals surface area contributed by atoms with Gasteiger partial charge >= 0.3 is 0 Å². The fourth-order valence-corrected chi connectivity index (χ4v) is 3.36. The van der Waals surface area contributed by atoms with Gasteiger partial charge in [-0.05, 0) is 62.5 Å². The quantitative estimate of drug-likeness (QED) is 0.920. The van der Waals surface area contributed by atoms with Crippen molar-refractivity contribution in [2.75, 3.05) is 13.1 Å². The van der Waals surface area contributed by atoms with Gasteiger partial charge in [0, 0.05) is 31.0 Å². The zero-order valence-corrected chi connectivity index (χ0v) is 13.0. The van der Waals surface area contributed by atoms with E-state index in [9.17, 15) is 0 Å². The largest absolute Gasteiger partial charge is 0.310 e. The average Bonchev–Trinajstić information content (AvgIpc) is 3.28. The Morgan fingerprint density at radius 3 is 2.45 bits per heavy atom. The number of hydrogen-bond acceptors (Lipinski definition) is 3. The molecule has 0 bridgehead atoms. The van der Waals surface area contributed by atoms with E-state index >= 15 is 0 Å². The van der Waals surface area contributed by atoms with Crippen LogP contribution in [0, 0.1) is 0 Å². The number of likely N-dealkylation sites (tertiary alicyclic amines) is 1. The molecule has 2 aliphatic rings. The van der Waals surface area contributed by atoms with Crippen LogP contribution in [0.1, 0.15) is 31.2 Å². The molecule has 2 heterocycles. The van der Waals surface area contributed by atoms with Crippen LogP contribution in [0.4, 0.5) is 0 Å². The number of aromatic nitrogens is 2. The zero-order valence-electron chi connectivity index (χ0n) is 13.0. The molecule has 2 aromatic rings. The number of hydrogen-bond donors (Lipinski definition) is 1. The van der Waals surface area contributed by atoms with E-state index < -0.39 is 0 Å². The van der Waals surface area contributed by atoms with Gasteiger partial charge in [-0.3, -0.25) is 0 Å². The molecule has 1 aliphatic carbocycles. The summed E-state index contributed by atoms with van der Waals surface area (Å²) < 4.78 is 1.89. The van der Waals surface area contributed by atoms with Gasteiger partial charge in [0.2, 0.25) is 0 Å². The Morgan fingerprint density at radius 1 is 1.05 bits per heavy atom. The summed E-state index contributed by atoms with van der Waals surface area (Å²) >= 11 is 0. The summed E-state index contributed by atoms with van der Waals surface area (Å²) in [6.07, 6.45) is 9.23. The van der Waals surface area contributed by atoms with E-state index in [-0.39, 0.29) is 0 Å². The number of piperidine rings is 1. The van der Waals surface area contributed by atoms with Gasteiger partial charge in [-0.1, -0.05) is 12.1 Å². The Labute approximate surface area is 132 Å². The lowest BCUT2D eigenvalue weighted by atomic mass is 10.0. The van der Waals surface area contributed by atoms with E-state index in [4.69, 9.17) is 0 Å². The van der Waals surface area contributed by atoms with Crippen molar-refractivity contribution in [3.8, 4) is 5.69 Å². The zero-order chi connectivity index (χ0) is 14.8. The molecular weight excluding hydrogens is 272 g/mol. The third kappa shape index (κ3) is 3.23. The minimum atomic E-state index is 0.681. The van der Waals surface area contributed by atoms with Crippen LogP contribution in [0.3, 0.4) is 0 Å². The van der Waals surface area contributed by atoms with Gasteiger partial charge in [-0.2, -0.15) is 5.10 Å². The maximum atomic E-state index is 4.26. The van der Waals surface area contributed by atoms with Crippen molar-refractivity contribution >= 4 is 0 Å². The lowest BCUT2D eigenvalue weighted by molar-refractivity contribution is 0.189. The first kappa shape index (κ1) is 14.0. The highest BCUT2D eigenvalue weighted by atomic mass is 15.3. The topological polar surface area (TPSA) is 33.1 Å². The molecule has 0 radical (unpaired) electrons. The molecule has 0 unspecified atom stereocenters. The number of nitrogens with zero attached hydrogens (tertiary/aromatic N) is 3. The summed E-state index contributed by atoms with van der Waals surface area (Å²) in [4.78, 5) is 2.68. The van der Waals surface area contributed by atoms with Gasteiger partial charge in [0.1, 0.15) is 0 Å². The first-order chi connectivity index (χ1) is 10.9. The predicted molar refractivity (Wildman–Crippen MR) is 88.0 cm³/mol. The molecule has 22 heavy (non-hydrogen) atoms. The molecule has 1 aromatic carbocycles. The van der Waals surface area contributed by atoms with Gasteiger partial charge in [0.25, 0.3) is 0 Å². The summed E-state index contributed by atoms with van der Waals surface area (Å²) in [5, 5.41) is 7.98. The van der Waals surface area contributed by atoms with Gasteiger partial charge in [0.05, 0.1) is 5.69 Å². The maximum Gasteiger partial charge on any atom is 0.0645 e. The van der Waals surface area contributed by atoms with Crippen LogP contribution < -0.4 is 5.32 Å². The molecule has 0 amide bonds. The van der Waals surface area contributed by atoms with Crippen molar-refractivity contribution in [1.29, 1.82) is 0 Å². The monoisotopic (exact) mass is 296 g/mol. The molecule has 1 aromatic heterocycles. The van der Waals surface area contributed by atoms with Crippen LogP contribution in [0.15, 0.2) is 42.7 Å². The average molecular weight is 296 g/mol. The molecular formula is C18H24N4. The van der Waals surface area contributed by atoms with E-state index in [0.717, 1.165) is 18.3 Å². The molecule has 1 saturated heterocycles. The molecule has 116 valence electrons. The molecule has 1 saturated carbocycles. The van der Waals surface area contributed by atoms with Crippen molar-refractivity contribution < 1.29 is 0 Å². The van der Waals surface area contributed by atoms with E-state index in [0.29, 0.717) is 6.04 Å². The second-order valence-electron chi connectivity index (χ2n) is 6.54. The van der Waals surface area contributed by atoms with Crippen molar-refractivity contribution in [2.45, 2.75) is 44.3 Å². The van der Waals surface area contributed by atoms with Crippen molar-refractivity contribution in [1.82, 2.24) is 20.0 Å². The third-order valence-corrected chi connectivity index (χ3v) is 4.89. The van der Waals surface area contributed by atoms with Crippen molar-refractivity contribution in [3.63, 3.8) is 0 Å². The smallest absolute Gasteiger partial charge is 0.0645 e. The first-order valence-electron chi connectivity index (χ1n) is 8.45. The number of nitrogens with one attached hydrogen (secondary N) is 1. The fraction of sp³-hybridized carbons (Fsp3) is 0.500. The van der Waals surface area contributed by atoms with E-state index in [2.05, 4.69) is 39.6 Å². The second-order valence-corrected chi connectivity index (χ2v) is 6.54. The van der Waals surface area contributed by atoms with Crippen LogP contribution >= 0.6 is 0 Å². The number of rotatable bonds is 5. The highest BCUT2D eigenvalue weighted by molar-refractivity contribution is 5.33. The van der Waals surface area contributed by atoms with Crippen molar-refractivity contribution in [3.05, 3.63) is 48.3 Å².